The molecule has 3 atom stereocenters. The molecule has 13 heavy (non-hydrogen) atoms. The molecular formula is C12H25N. The van der Waals surface area contributed by atoms with Crippen LogP contribution in [0.25, 0.3) is 0 Å². The van der Waals surface area contributed by atoms with Crippen molar-refractivity contribution < 1.29 is 0 Å². The van der Waals surface area contributed by atoms with Crippen molar-refractivity contribution in [1.29, 1.82) is 0 Å². The molecule has 0 saturated carbocycles. The summed E-state index contributed by atoms with van der Waals surface area (Å²) in [5.74, 6) is 1.72. The van der Waals surface area contributed by atoms with Crippen LogP contribution in [0.4, 0.5) is 0 Å². The van der Waals surface area contributed by atoms with E-state index in [4.69, 9.17) is 0 Å². The summed E-state index contributed by atoms with van der Waals surface area (Å²) in [6.07, 6.45) is 6.95. The Morgan fingerprint density at radius 1 is 1.23 bits per heavy atom. The molecule has 1 aliphatic rings. The number of rotatable bonds is 3. The molecule has 0 radical (unpaired) electrons. The van der Waals surface area contributed by atoms with E-state index in [0.29, 0.717) is 0 Å². The van der Waals surface area contributed by atoms with Crippen molar-refractivity contribution in [3.63, 3.8) is 0 Å². The molecule has 1 heterocycles. The Labute approximate surface area is 83.3 Å². The molecule has 1 saturated heterocycles. The SMILES string of the molecule is CCC(C)C(C)C1CCCCCN1. The first-order valence-corrected chi connectivity index (χ1v) is 5.99. The van der Waals surface area contributed by atoms with Crippen molar-refractivity contribution in [1.82, 2.24) is 5.32 Å². The predicted molar refractivity (Wildman–Crippen MR) is 58.9 cm³/mol. The van der Waals surface area contributed by atoms with Gasteiger partial charge in [0, 0.05) is 6.04 Å². The maximum atomic E-state index is 3.70. The summed E-state index contributed by atoms with van der Waals surface area (Å²) >= 11 is 0. The van der Waals surface area contributed by atoms with Gasteiger partial charge in [-0.3, -0.25) is 0 Å². The summed E-state index contributed by atoms with van der Waals surface area (Å²) in [4.78, 5) is 0. The van der Waals surface area contributed by atoms with Crippen molar-refractivity contribution in [2.75, 3.05) is 6.54 Å². The van der Waals surface area contributed by atoms with Crippen LogP contribution in [0.2, 0.25) is 0 Å². The molecule has 0 amide bonds. The van der Waals surface area contributed by atoms with E-state index in [1.807, 2.05) is 0 Å². The molecule has 1 heteroatoms. The van der Waals surface area contributed by atoms with Crippen molar-refractivity contribution in [3.05, 3.63) is 0 Å². The fraction of sp³-hybridized carbons (Fsp3) is 1.00. The van der Waals surface area contributed by atoms with Gasteiger partial charge in [0.2, 0.25) is 0 Å². The molecule has 1 aliphatic heterocycles. The largest absolute Gasteiger partial charge is 0.314 e. The summed E-state index contributed by atoms with van der Waals surface area (Å²) in [6.45, 7) is 8.34. The van der Waals surface area contributed by atoms with Crippen molar-refractivity contribution in [2.24, 2.45) is 11.8 Å². The summed E-state index contributed by atoms with van der Waals surface area (Å²) in [5.41, 5.74) is 0. The Morgan fingerprint density at radius 3 is 2.69 bits per heavy atom. The van der Waals surface area contributed by atoms with E-state index < -0.39 is 0 Å². The molecular weight excluding hydrogens is 158 g/mol. The van der Waals surface area contributed by atoms with Gasteiger partial charge in [-0.25, -0.2) is 0 Å². The first kappa shape index (κ1) is 11.0. The molecule has 0 bridgehead atoms. The topological polar surface area (TPSA) is 12.0 Å². The van der Waals surface area contributed by atoms with Crippen LogP contribution in [0, 0.1) is 11.8 Å². The highest BCUT2D eigenvalue weighted by atomic mass is 14.9. The maximum absolute atomic E-state index is 3.70. The smallest absolute Gasteiger partial charge is 0.00952 e. The van der Waals surface area contributed by atoms with E-state index in [9.17, 15) is 0 Å². The predicted octanol–water partition coefficient (Wildman–Crippen LogP) is 3.20. The maximum Gasteiger partial charge on any atom is 0.00952 e. The van der Waals surface area contributed by atoms with Crippen LogP contribution in [0.3, 0.4) is 0 Å². The lowest BCUT2D eigenvalue weighted by molar-refractivity contribution is 0.273. The van der Waals surface area contributed by atoms with Crippen LogP contribution < -0.4 is 5.32 Å². The average Bonchev–Trinajstić information content (AvgIpc) is 2.43. The number of nitrogens with one attached hydrogen (secondary N) is 1. The van der Waals surface area contributed by atoms with Crippen molar-refractivity contribution in [3.8, 4) is 0 Å². The second-order valence-electron chi connectivity index (χ2n) is 4.65. The molecule has 3 unspecified atom stereocenters. The standard InChI is InChI=1S/C12H25N/c1-4-10(2)11(3)12-8-6-5-7-9-13-12/h10-13H,4-9H2,1-3H3. The molecule has 1 N–H and O–H groups in total. The lowest BCUT2D eigenvalue weighted by Crippen LogP contribution is -2.37. The van der Waals surface area contributed by atoms with Gasteiger partial charge in [-0.2, -0.15) is 0 Å². The average molecular weight is 183 g/mol. The van der Waals surface area contributed by atoms with Crippen LogP contribution in [-0.4, -0.2) is 12.6 Å². The summed E-state index contributed by atoms with van der Waals surface area (Å²) < 4.78 is 0. The highest BCUT2D eigenvalue weighted by Crippen LogP contribution is 2.23. The van der Waals surface area contributed by atoms with E-state index in [0.717, 1.165) is 17.9 Å². The van der Waals surface area contributed by atoms with Crippen LogP contribution in [0.1, 0.15) is 52.9 Å². The Bertz CT molecular complexity index is 125. The van der Waals surface area contributed by atoms with Gasteiger partial charge in [-0.1, -0.05) is 40.0 Å². The van der Waals surface area contributed by atoms with E-state index in [1.165, 1.54) is 38.6 Å². The molecule has 0 aliphatic carbocycles. The summed E-state index contributed by atoms with van der Waals surface area (Å²) in [7, 11) is 0. The van der Waals surface area contributed by atoms with Gasteiger partial charge in [-0.15, -0.1) is 0 Å². The van der Waals surface area contributed by atoms with E-state index in [1.54, 1.807) is 0 Å². The Kier molecular flexibility index (Phi) is 4.79. The number of hydrogen-bond donors (Lipinski definition) is 1. The third-order valence-corrected chi connectivity index (χ3v) is 3.77. The van der Waals surface area contributed by atoms with Gasteiger partial charge in [0.25, 0.3) is 0 Å². The Balaban J connectivity index is 2.38. The first-order chi connectivity index (χ1) is 6.25. The third-order valence-electron chi connectivity index (χ3n) is 3.77. The molecule has 1 rings (SSSR count). The van der Waals surface area contributed by atoms with Crippen LogP contribution in [0.15, 0.2) is 0 Å². The van der Waals surface area contributed by atoms with Crippen molar-refractivity contribution >= 4 is 0 Å². The highest BCUT2D eigenvalue weighted by Gasteiger charge is 2.21. The zero-order valence-corrected chi connectivity index (χ0v) is 9.47. The van der Waals surface area contributed by atoms with Gasteiger partial charge in [-0.05, 0) is 31.2 Å². The Morgan fingerprint density at radius 2 is 2.00 bits per heavy atom. The molecule has 1 nitrogen and oxygen atoms in total. The molecule has 0 aromatic carbocycles. The van der Waals surface area contributed by atoms with E-state index in [-0.39, 0.29) is 0 Å². The Hall–Kier alpha value is -0.0400. The van der Waals surface area contributed by atoms with Crippen LogP contribution in [0.5, 0.6) is 0 Å². The zero-order valence-electron chi connectivity index (χ0n) is 9.47. The quantitative estimate of drug-likeness (QED) is 0.708. The molecule has 1 fully saturated rings. The minimum atomic E-state index is 0.789. The molecule has 0 aromatic rings. The van der Waals surface area contributed by atoms with E-state index >= 15 is 0 Å². The highest BCUT2D eigenvalue weighted by molar-refractivity contribution is 4.78. The second kappa shape index (κ2) is 5.64. The zero-order chi connectivity index (χ0) is 9.68. The minimum Gasteiger partial charge on any atom is -0.314 e. The van der Waals surface area contributed by atoms with Gasteiger partial charge in [0.1, 0.15) is 0 Å². The van der Waals surface area contributed by atoms with Gasteiger partial charge in [0.15, 0.2) is 0 Å². The van der Waals surface area contributed by atoms with Gasteiger partial charge < -0.3 is 5.32 Å². The third kappa shape index (κ3) is 3.30. The summed E-state index contributed by atoms with van der Waals surface area (Å²) in [6, 6.07) is 0.789. The molecule has 0 aromatic heterocycles. The fourth-order valence-corrected chi connectivity index (χ4v) is 2.27. The van der Waals surface area contributed by atoms with Crippen LogP contribution in [-0.2, 0) is 0 Å². The minimum absolute atomic E-state index is 0.789. The molecule has 78 valence electrons. The second-order valence-corrected chi connectivity index (χ2v) is 4.65. The number of hydrogen-bond acceptors (Lipinski definition) is 1. The monoisotopic (exact) mass is 183 g/mol. The lowest BCUT2D eigenvalue weighted by atomic mass is 9.85. The van der Waals surface area contributed by atoms with Crippen molar-refractivity contribution in [2.45, 2.75) is 58.9 Å². The van der Waals surface area contributed by atoms with Gasteiger partial charge >= 0.3 is 0 Å². The van der Waals surface area contributed by atoms with Gasteiger partial charge in [0.05, 0.1) is 0 Å². The normalized spacial score (nSPS) is 29.3. The van der Waals surface area contributed by atoms with Crippen LogP contribution >= 0.6 is 0 Å². The fourth-order valence-electron chi connectivity index (χ4n) is 2.27. The lowest BCUT2D eigenvalue weighted by Gasteiger charge is -2.28. The summed E-state index contributed by atoms with van der Waals surface area (Å²) in [5, 5.41) is 3.70. The molecule has 0 spiro atoms. The van der Waals surface area contributed by atoms with E-state index in [2.05, 4.69) is 26.1 Å². The first-order valence-electron chi connectivity index (χ1n) is 5.99.